The largest absolute Gasteiger partial charge is 0.320 e. The first-order chi connectivity index (χ1) is 6.33. The second-order valence-corrected chi connectivity index (χ2v) is 4.32. The highest BCUT2D eigenvalue weighted by atomic mass is 32.1. The lowest BCUT2D eigenvalue weighted by molar-refractivity contribution is 0.624. The molecule has 0 aliphatic rings. The topological polar surface area (TPSA) is 37.0 Å². The van der Waals surface area contributed by atoms with Gasteiger partial charge in [0.2, 0.25) is 0 Å². The average Bonchev–Trinajstić information content (AvgIpc) is 2.51. The van der Waals surface area contributed by atoms with E-state index in [1.54, 1.807) is 11.3 Å². The van der Waals surface area contributed by atoms with Crippen LogP contribution in [-0.2, 0) is 6.54 Å². The summed E-state index contributed by atoms with van der Waals surface area (Å²) in [5, 5.41) is 7.66. The van der Waals surface area contributed by atoms with Crippen LogP contribution in [0.15, 0.2) is 6.20 Å². The van der Waals surface area contributed by atoms with E-state index in [1.807, 2.05) is 13.2 Å². The van der Waals surface area contributed by atoms with Crippen molar-refractivity contribution in [2.24, 2.45) is 0 Å². The number of thiazole rings is 1. The SMILES string of the molecule is CNCCCNCc1ncc(C)s1. The van der Waals surface area contributed by atoms with Crippen molar-refractivity contribution in [2.75, 3.05) is 20.1 Å². The average molecular weight is 199 g/mol. The minimum Gasteiger partial charge on any atom is -0.320 e. The first kappa shape index (κ1) is 10.6. The molecule has 74 valence electrons. The number of rotatable bonds is 6. The van der Waals surface area contributed by atoms with Gasteiger partial charge in [-0.2, -0.15) is 0 Å². The molecule has 1 aromatic heterocycles. The Morgan fingerprint density at radius 1 is 1.46 bits per heavy atom. The van der Waals surface area contributed by atoms with Crippen molar-refractivity contribution >= 4 is 11.3 Å². The Bertz CT molecular complexity index is 235. The molecule has 0 unspecified atom stereocenters. The summed E-state index contributed by atoms with van der Waals surface area (Å²) in [6.45, 7) is 5.12. The summed E-state index contributed by atoms with van der Waals surface area (Å²) in [5.74, 6) is 0. The van der Waals surface area contributed by atoms with E-state index >= 15 is 0 Å². The summed E-state index contributed by atoms with van der Waals surface area (Å²) in [6.07, 6.45) is 3.09. The van der Waals surface area contributed by atoms with E-state index in [9.17, 15) is 0 Å². The summed E-state index contributed by atoms with van der Waals surface area (Å²) in [7, 11) is 1.98. The molecule has 1 aromatic rings. The van der Waals surface area contributed by atoms with E-state index < -0.39 is 0 Å². The predicted molar refractivity (Wildman–Crippen MR) is 57.1 cm³/mol. The van der Waals surface area contributed by atoms with Crippen molar-refractivity contribution < 1.29 is 0 Å². The second kappa shape index (κ2) is 6.07. The summed E-state index contributed by atoms with van der Waals surface area (Å²) < 4.78 is 0. The molecule has 2 N–H and O–H groups in total. The second-order valence-electron chi connectivity index (χ2n) is 3.00. The van der Waals surface area contributed by atoms with Crippen LogP contribution in [0.3, 0.4) is 0 Å². The first-order valence-corrected chi connectivity index (χ1v) is 5.41. The van der Waals surface area contributed by atoms with Gasteiger partial charge in [0.05, 0.1) is 0 Å². The zero-order valence-corrected chi connectivity index (χ0v) is 9.08. The zero-order chi connectivity index (χ0) is 9.52. The maximum Gasteiger partial charge on any atom is 0.107 e. The molecule has 0 radical (unpaired) electrons. The molecule has 0 aromatic carbocycles. The van der Waals surface area contributed by atoms with E-state index in [0.717, 1.165) is 19.6 Å². The maximum absolute atomic E-state index is 4.27. The number of aromatic nitrogens is 1. The van der Waals surface area contributed by atoms with Crippen LogP contribution in [0.25, 0.3) is 0 Å². The third-order valence-corrected chi connectivity index (χ3v) is 2.64. The van der Waals surface area contributed by atoms with Crippen molar-refractivity contribution in [2.45, 2.75) is 19.9 Å². The number of nitrogens with zero attached hydrogens (tertiary/aromatic N) is 1. The normalized spacial score (nSPS) is 10.6. The summed E-state index contributed by atoms with van der Waals surface area (Å²) in [5.41, 5.74) is 0. The minimum absolute atomic E-state index is 0.905. The van der Waals surface area contributed by atoms with E-state index in [-0.39, 0.29) is 0 Å². The molecule has 3 nitrogen and oxygen atoms in total. The van der Waals surface area contributed by atoms with Gasteiger partial charge in [0.1, 0.15) is 5.01 Å². The fraction of sp³-hybridized carbons (Fsp3) is 0.667. The van der Waals surface area contributed by atoms with Crippen LogP contribution in [0.1, 0.15) is 16.3 Å². The highest BCUT2D eigenvalue weighted by Crippen LogP contribution is 2.10. The van der Waals surface area contributed by atoms with Crippen molar-refractivity contribution in [1.29, 1.82) is 0 Å². The van der Waals surface area contributed by atoms with Crippen molar-refractivity contribution in [3.8, 4) is 0 Å². The monoisotopic (exact) mass is 199 g/mol. The third-order valence-electron chi connectivity index (χ3n) is 1.73. The molecule has 1 heterocycles. The highest BCUT2D eigenvalue weighted by Gasteiger charge is 1.96. The van der Waals surface area contributed by atoms with Crippen LogP contribution >= 0.6 is 11.3 Å². The van der Waals surface area contributed by atoms with Gasteiger partial charge in [-0.1, -0.05) is 0 Å². The third kappa shape index (κ3) is 4.36. The van der Waals surface area contributed by atoms with Gasteiger partial charge in [0.15, 0.2) is 0 Å². The van der Waals surface area contributed by atoms with Gasteiger partial charge in [0.25, 0.3) is 0 Å². The molecule has 0 atom stereocenters. The molecule has 1 rings (SSSR count). The van der Waals surface area contributed by atoms with Crippen molar-refractivity contribution in [3.05, 3.63) is 16.1 Å². The van der Waals surface area contributed by atoms with Crippen LogP contribution in [0.4, 0.5) is 0 Å². The van der Waals surface area contributed by atoms with Gasteiger partial charge in [-0.05, 0) is 33.5 Å². The summed E-state index contributed by atoms with van der Waals surface area (Å²) in [4.78, 5) is 5.56. The van der Waals surface area contributed by atoms with E-state index in [4.69, 9.17) is 0 Å². The summed E-state index contributed by atoms with van der Waals surface area (Å²) in [6, 6.07) is 0. The molecular formula is C9H17N3S. The quantitative estimate of drug-likeness (QED) is 0.675. The lowest BCUT2D eigenvalue weighted by Crippen LogP contribution is -2.19. The molecular weight excluding hydrogens is 182 g/mol. The van der Waals surface area contributed by atoms with E-state index in [2.05, 4.69) is 22.5 Å². The maximum atomic E-state index is 4.27. The lowest BCUT2D eigenvalue weighted by Gasteiger charge is -2.01. The molecule has 0 saturated carbocycles. The van der Waals surface area contributed by atoms with Gasteiger partial charge in [-0.25, -0.2) is 4.98 Å². The Kier molecular flexibility index (Phi) is 4.97. The Balaban J connectivity index is 2.06. The molecule has 13 heavy (non-hydrogen) atoms. The van der Waals surface area contributed by atoms with E-state index in [1.165, 1.54) is 16.3 Å². The molecule has 0 aliphatic heterocycles. The number of hydrogen-bond donors (Lipinski definition) is 2. The number of hydrogen-bond acceptors (Lipinski definition) is 4. The van der Waals surface area contributed by atoms with Crippen molar-refractivity contribution in [3.63, 3.8) is 0 Å². The molecule has 0 aliphatic carbocycles. The standard InChI is InChI=1S/C9H17N3S/c1-8-6-12-9(13-8)7-11-5-3-4-10-2/h6,10-11H,3-5,7H2,1-2H3. The molecule has 0 saturated heterocycles. The minimum atomic E-state index is 0.905. The van der Waals surface area contributed by atoms with Crippen LogP contribution < -0.4 is 10.6 Å². The molecule has 0 spiro atoms. The zero-order valence-electron chi connectivity index (χ0n) is 8.26. The van der Waals surface area contributed by atoms with Crippen molar-refractivity contribution in [1.82, 2.24) is 15.6 Å². The fourth-order valence-electron chi connectivity index (χ4n) is 1.07. The van der Waals surface area contributed by atoms with Crippen LogP contribution in [0, 0.1) is 6.92 Å². The molecule has 0 amide bonds. The van der Waals surface area contributed by atoms with Gasteiger partial charge in [0, 0.05) is 17.6 Å². The van der Waals surface area contributed by atoms with Crippen LogP contribution in [0.5, 0.6) is 0 Å². The molecule has 0 bridgehead atoms. The predicted octanol–water partition coefficient (Wildman–Crippen LogP) is 1.15. The molecule has 4 heteroatoms. The Morgan fingerprint density at radius 2 is 2.31 bits per heavy atom. The highest BCUT2D eigenvalue weighted by molar-refractivity contribution is 7.11. The summed E-state index contributed by atoms with van der Waals surface area (Å²) >= 11 is 1.76. The van der Waals surface area contributed by atoms with Gasteiger partial charge in [-0.15, -0.1) is 11.3 Å². The Labute approximate surface area is 83.6 Å². The molecule has 0 fully saturated rings. The first-order valence-electron chi connectivity index (χ1n) is 4.59. The van der Waals surface area contributed by atoms with Crippen LogP contribution in [0.2, 0.25) is 0 Å². The smallest absolute Gasteiger partial charge is 0.107 e. The number of aryl methyl sites for hydroxylation is 1. The van der Waals surface area contributed by atoms with Gasteiger partial charge in [-0.3, -0.25) is 0 Å². The van der Waals surface area contributed by atoms with Gasteiger partial charge < -0.3 is 10.6 Å². The van der Waals surface area contributed by atoms with Gasteiger partial charge >= 0.3 is 0 Å². The van der Waals surface area contributed by atoms with E-state index in [0.29, 0.717) is 0 Å². The fourth-order valence-corrected chi connectivity index (χ4v) is 1.83. The number of nitrogens with one attached hydrogen (secondary N) is 2. The Hall–Kier alpha value is -0.450. The lowest BCUT2D eigenvalue weighted by atomic mass is 10.4. The Morgan fingerprint density at radius 3 is 2.92 bits per heavy atom. The van der Waals surface area contributed by atoms with Crippen LogP contribution in [-0.4, -0.2) is 25.1 Å².